The molecule has 2 aromatic carbocycles. The predicted molar refractivity (Wildman–Crippen MR) is 192 cm³/mol. The minimum absolute atomic E-state index is 0.103. The number of pyridine rings is 1. The van der Waals surface area contributed by atoms with Crippen molar-refractivity contribution in [3.63, 3.8) is 0 Å². The highest BCUT2D eigenvalue weighted by atomic mass is 35.5. The maximum atomic E-state index is 11.9. The molecule has 4 heterocycles. The molecule has 0 spiro atoms. The minimum atomic E-state index is -1.05. The zero-order valence-corrected chi connectivity index (χ0v) is 30.1. The summed E-state index contributed by atoms with van der Waals surface area (Å²) in [6, 6.07) is 15.1. The van der Waals surface area contributed by atoms with Crippen molar-refractivity contribution < 1.29 is 24.1 Å². The Labute approximate surface area is 294 Å². The number of halogens is 1. The van der Waals surface area contributed by atoms with Gasteiger partial charge in [-0.05, 0) is 73.5 Å². The third kappa shape index (κ3) is 7.44. The number of para-hydroxylation sites is 1. The van der Waals surface area contributed by atoms with Gasteiger partial charge >= 0.3 is 5.97 Å². The molecule has 0 saturated carbocycles. The van der Waals surface area contributed by atoms with Crippen LogP contribution in [0, 0.1) is 5.41 Å². The van der Waals surface area contributed by atoms with Crippen molar-refractivity contribution in [1.29, 1.82) is 0 Å². The molecule has 1 N–H and O–H groups in total. The molecule has 262 valence electrons. The average Bonchev–Trinajstić information content (AvgIpc) is 3.60. The first-order valence-electron chi connectivity index (χ1n) is 17.7. The SMILES string of the molecule is CCCCC[C@](C)(CN(CC)Cc1nc2ccc(C(=O)O)cc2n1CC[C@@H]1CCO1)C(C)c1cccc2c1O[C@@](C)(c1ccc(Cl)cn1)O2. The Morgan fingerprint density at radius 1 is 1.18 bits per heavy atom. The summed E-state index contributed by atoms with van der Waals surface area (Å²) in [6.07, 6.45) is 8.30. The van der Waals surface area contributed by atoms with Crippen molar-refractivity contribution in [2.75, 3.05) is 19.7 Å². The lowest BCUT2D eigenvalue weighted by Crippen LogP contribution is -2.39. The first kappa shape index (κ1) is 35.2. The van der Waals surface area contributed by atoms with Gasteiger partial charge in [-0.25, -0.2) is 9.78 Å². The summed E-state index contributed by atoms with van der Waals surface area (Å²) < 4.78 is 21.0. The molecule has 1 saturated heterocycles. The second-order valence-corrected chi connectivity index (χ2v) is 14.5. The van der Waals surface area contributed by atoms with Crippen LogP contribution in [-0.4, -0.2) is 56.3 Å². The van der Waals surface area contributed by atoms with Crippen molar-refractivity contribution in [2.24, 2.45) is 5.41 Å². The van der Waals surface area contributed by atoms with E-state index in [4.69, 9.17) is 30.8 Å². The standard InChI is InChI=1S/C39H49ClN4O5/c1-6-8-9-19-38(4,26(3)30-11-10-12-33-36(30)49-39(5,48-33)34-16-14-28(40)23-41-34)25-43(7-2)24-35-42-31-15-13-27(37(45)46)22-32(31)44(35)20-17-29-18-21-47-29/h10-16,22-23,26,29H,6-9,17-21,24-25H2,1-5H3,(H,45,46)/t26?,29-,38-,39+/m1/s1. The molecule has 6 rings (SSSR count). The second-order valence-electron chi connectivity index (χ2n) is 14.1. The average molecular weight is 689 g/mol. The first-order valence-corrected chi connectivity index (χ1v) is 18.1. The number of aromatic nitrogens is 3. The molecule has 4 atom stereocenters. The lowest BCUT2D eigenvalue weighted by molar-refractivity contribution is -0.0724. The number of aromatic carboxylic acids is 1. The topological polar surface area (TPSA) is 98.9 Å². The van der Waals surface area contributed by atoms with Crippen LogP contribution in [0.15, 0.2) is 54.7 Å². The number of carbonyl (C=O) groups is 1. The number of benzene rings is 2. The van der Waals surface area contributed by atoms with Gasteiger partial charge in [0, 0.05) is 38.4 Å². The molecule has 2 aliphatic heterocycles. The third-order valence-electron chi connectivity index (χ3n) is 10.6. The summed E-state index contributed by atoms with van der Waals surface area (Å²) in [5.41, 5.74) is 3.64. The molecule has 4 aromatic rings. The number of aryl methyl sites for hydroxylation is 1. The Morgan fingerprint density at radius 3 is 2.67 bits per heavy atom. The molecule has 0 radical (unpaired) electrons. The third-order valence-corrected chi connectivity index (χ3v) is 10.8. The van der Waals surface area contributed by atoms with Gasteiger partial charge in [0.25, 0.3) is 5.79 Å². The fourth-order valence-corrected chi connectivity index (χ4v) is 7.39. The smallest absolute Gasteiger partial charge is 0.335 e. The molecule has 0 bridgehead atoms. The van der Waals surface area contributed by atoms with Crippen molar-refractivity contribution in [2.45, 2.75) is 104 Å². The number of rotatable bonds is 16. The summed E-state index contributed by atoms with van der Waals surface area (Å²) in [7, 11) is 0. The van der Waals surface area contributed by atoms with E-state index in [1.54, 1.807) is 24.4 Å². The number of hydrogen-bond donors (Lipinski definition) is 1. The van der Waals surface area contributed by atoms with Gasteiger partial charge in [0.15, 0.2) is 11.5 Å². The summed E-state index contributed by atoms with van der Waals surface area (Å²) in [4.78, 5) is 23.9. The van der Waals surface area contributed by atoms with E-state index in [9.17, 15) is 9.90 Å². The van der Waals surface area contributed by atoms with E-state index >= 15 is 0 Å². The highest BCUT2D eigenvalue weighted by Gasteiger charge is 2.44. The van der Waals surface area contributed by atoms with E-state index in [0.29, 0.717) is 17.3 Å². The normalized spacial score (nSPS) is 20.3. The second kappa shape index (κ2) is 14.7. The fraction of sp³-hybridized carbons (Fsp3) is 0.513. The first-order chi connectivity index (χ1) is 23.5. The Bertz CT molecular complexity index is 1770. The number of imidazole rings is 1. The van der Waals surface area contributed by atoms with Gasteiger partial charge in [-0.1, -0.05) is 70.7 Å². The Kier molecular flexibility index (Phi) is 10.5. The van der Waals surface area contributed by atoms with Gasteiger partial charge in [-0.15, -0.1) is 0 Å². The maximum Gasteiger partial charge on any atom is 0.335 e. The van der Waals surface area contributed by atoms with Gasteiger partial charge in [-0.2, -0.15) is 0 Å². The van der Waals surface area contributed by atoms with Crippen LogP contribution in [0.25, 0.3) is 11.0 Å². The van der Waals surface area contributed by atoms with Gasteiger partial charge in [0.1, 0.15) is 11.5 Å². The molecule has 49 heavy (non-hydrogen) atoms. The lowest BCUT2D eigenvalue weighted by Gasteiger charge is -2.40. The number of fused-ring (bicyclic) bond motifs is 2. The van der Waals surface area contributed by atoms with Crippen molar-refractivity contribution in [3.05, 3.63) is 82.4 Å². The molecule has 2 aromatic heterocycles. The van der Waals surface area contributed by atoms with Gasteiger partial charge < -0.3 is 23.9 Å². The molecule has 1 fully saturated rings. The van der Waals surface area contributed by atoms with Crippen molar-refractivity contribution >= 4 is 28.6 Å². The van der Waals surface area contributed by atoms with E-state index in [1.807, 2.05) is 25.1 Å². The summed E-state index contributed by atoms with van der Waals surface area (Å²) in [5, 5.41) is 10.3. The van der Waals surface area contributed by atoms with Gasteiger partial charge in [0.2, 0.25) is 0 Å². The highest BCUT2D eigenvalue weighted by Crippen LogP contribution is 2.52. The molecule has 1 unspecified atom stereocenters. The van der Waals surface area contributed by atoms with E-state index in [0.717, 1.165) is 92.3 Å². The van der Waals surface area contributed by atoms with E-state index < -0.39 is 11.8 Å². The number of hydrogen-bond acceptors (Lipinski definition) is 7. The lowest BCUT2D eigenvalue weighted by atomic mass is 9.70. The number of carboxylic acids is 1. The van der Waals surface area contributed by atoms with Crippen LogP contribution in [-0.2, 0) is 23.6 Å². The maximum absolute atomic E-state index is 11.9. The summed E-state index contributed by atoms with van der Waals surface area (Å²) in [5.74, 6) is 0.596. The Hall–Kier alpha value is -3.66. The van der Waals surface area contributed by atoms with E-state index in [-0.39, 0.29) is 23.0 Å². The van der Waals surface area contributed by atoms with Crippen LogP contribution < -0.4 is 9.47 Å². The van der Waals surface area contributed by atoms with Crippen LogP contribution in [0.2, 0.25) is 5.02 Å². The van der Waals surface area contributed by atoms with Crippen LogP contribution in [0.4, 0.5) is 0 Å². The van der Waals surface area contributed by atoms with Crippen molar-refractivity contribution in [1.82, 2.24) is 19.4 Å². The fourth-order valence-electron chi connectivity index (χ4n) is 7.28. The van der Waals surface area contributed by atoms with E-state index in [1.165, 1.54) is 6.42 Å². The Morgan fingerprint density at radius 2 is 2.00 bits per heavy atom. The van der Waals surface area contributed by atoms with Crippen LogP contribution in [0.5, 0.6) is 11.5 Å². The number of unbranched alkanes of at least 4 members (excludes halogenated alkanes) is 2. The molecule has 0 amide bonds. The largest absolute Gasteiger partial charge is 0.478 e. The van der Waals surface area contributed by atoms with Crippen LogP contribution in [0.1, 0.15) is 107 Å². The van der Waals surface area contributed by atoms with Gasteiger partial charge in [0.05, 0.1) is 34.3 Å². The number of ether oxygens (including phenoxy) is 3. The minimum Gasteiger partial charge on any atom is -0.478 e. The zero-order chi connectivity index (χ0) is 34.8. The summed E-state index contributed by atoms with van der Waals surface area (Å²) >= 11 is 6.13. The molecule has 10 heteroatoms. The highest BCUT2D eigenvalue weighted by molar-refractivity contribution is 6.30. The van der Waals surface area contributed by atoms with Gasteiger partial charge in [-0.3, -0.25) is 9.88 Å². The molecule has 2 aliphatic rings. The number of carboxylic acid groups (broad SMARTS) is 1. The molecule has 0 aliphatic carbocycles. The zero-order valence-electron chi connectivity index (χ0n) is 29.4. The number of nitrogens with zero attached hydrogens (tertiary/aromatic N) is 4. The van der Waals surface area contributed by atoms with Crippen LogP contribution in [0.3, 0.4) is 0 Å². The Balaban J connectivity index is 1.29. The molecular weight excluding hydrogens is 640 g/mol. The predicted octanol–water partition coefficient (Wildman–Crippen LogP) is 8.82. The van der Waals surface area contributed by atoms with Crippen molar-refractivity contribution in [3.8, 4) is 11.5 Å². The quantitative estimate of drug-likeness (QED) is 0.117. The molecule has 9 nitrogen and oxygen atoms in total. The monoisotopic (exact) mass is 688 g/mol. The molecular formula is C39H49ClN4O5. The summed E-state index contributed by atoms with van der Waals surface area (Å²) in [6.45, 7) is 15.0. The van der Waals surface area contributed by atoms with Crippen LogP contribution >= 0.6 is 11.6 Å². The van der Waals surface area contributed by atoms with E-state index in [2.05, 4.69) is 54.3 Å².